The highest BCUT2D eigenvalue weighted by Gasteiger charge is 2.14. The Morgan fingerprint density at radius 2 is 1.83 bits per heavy atom. The van der Waals surface area contributed by atoms with Crippen molar-refractivity contribution < 1.29 is 13.2 Å². The lowest BCUT2D eigenvalue weighted by molar-refractivity contribution is 0.204. The molecule has 9 nitrogen and oxygen atoms in total. The van der Waals surface area contributed by atoms with E-state index >= 15 is 0 Å². The fourth-order valence-electron chi connectivity index (χ4n) is 2.90. The molecule has 0 radical (unpaired) electrons. The van der Waals surface area contributed by atoms with Gasteiger partial charge in [0.05, 0.1) is 17.2 Å². The van der Waals surface area contributed by atoms with Crippen molar-refractivity contribution in [1.29, 1.82) is 0 Å². The van der Waals surface area contributed by atoms with Gasteiger partial charge in [-0.3, -0.25) is 0 Å². The highest BCUT2D eigenvalue weighted by Crippen LogP contribution is 2.22. The van der Waals surface area contributed by atoms with Crippen LogP contribution in [0.3, 0.4) is 0 Å². The number of benzene rings is 1. The van der Waals surface area contributed by atoms with E-state index in [-0.39, 0.29) is 11.4 Å². The molecule has 0 saturated heterocycles. The number of anilines is 2. The maximum absolute atomic E-state index is 12.2. The molecule has 0 unspecified atom stereocenters. The van der Waals surface area contributed by atoms with Crippen LogP contribution in [0.2, 0.25) is 0 Å². The van der Waals surface area contributed by atoms with E-state index in [1.807, 2.05) is 13.1 Å². The lowest BCUT2D eigenvalue weighted by Gasteiger charge is -2.09. The maximum Gasteiger partial charge on any atom is 0.240 e. The summed E-state index contributed by atoms with van der Waals surface area (Å²) < 4.78 is 33.9. The van der Waals surface area contributed by atoms with E-state index in [0.29, 0.717) is 30.0 Å². The Bertz CT molecular complexity index is 1090. The molecule has 3 rings (SSSR count). The SMILES string of the molecule is COCCNS(=O)(=O)c1ccc(Nc2nccc(-c3cn(C(C)C)c(C)n3)n2)cc1. The molecule has 0 spiro atoms. The first-order chi connectivity index (χ1) is 14.3. The largest absolute Gasteiger partial charge is 0.383 e. The number of hydrogen-bond acceptors (Lipinski definition) is 7. The van der Waals surface area contributed by atoms with Crippen LogP contribution in [0.5, 0.6) is 0 Å². The Labute approximate surface area is 176 Å². The number of aryl methyl sites for hydroxylation is 1. The Kier molecular flexibility index (Phi) is 6.80. The molecule has 160 valence electrons. The first-order valence-corrected chi connectivity index (χ1v) is 11.0. The van der Waals surface area contributed by atoms with Gasteiger partial charge >= 0.3 is 0 Å². The highest BCUT2D eigenvalue weighted by atomic mass is 32.2. The van der Waals surface area contributed by atoms with Crippen molar-refractivity contribution in [3.63, 3.8) is 0 Å². The third kappa shape index (κ3) is 5.21. The molecule has 2 aromatic heterocycles. The zero-order valence-electron chi connectivity index (χ0n) is 17.5. The Balaban J connectivity index is 1.74. The lowest BCUT2D eigenvalue weighted by Crippen LogP contribution is -2.27. The highest BCUT2D eigenvalue weighted by molar-refractivity contribution is 7.89. The van der Waals surface area contributed by atoms with Gasteiger partial charge in [-0.2, -0.15) is 0 Å². The van der Waals surface area contributed by atoms with Crippen molar-refractivity contribution >= 4 is 21.7 Å². The molecule has 3 aromatic rings. The van der Waals surface area contributed by atoms with E-state index in [9.17, 15) is 8.42 Å². The first-order valence-electron chi connectivity index (χ1n) is 9.55. The average Bonchev–Trinajstić information content (AvgIpc) is 3.11. The predicted molar refractivity (Wildman–Crippen MR) is 115 cm³/mol. The minimum Gasteiger partial charge on any atom is -0.383 e. The number of ether oxygens (including phenoxy) is 1. The van der Waals surface area contributed by atoms with Crippen LogP contribution >= 0.6 is 0 Å². The minimum absolute atomic E-state index is 0.175. The van der Waals surface area contributed by atoms with Gasteiger partial charge in [-0.15, -0.1) is 0 Å². The van der Waals surface area contributed by atoms with Crippen LogP contribution in [-0.4, -0.2) is 48.2 Å². The normalized spacial score (nSPS) is 11.8. The molecule has 10 heteroatoms. The van der Waals surface area contributed by atoms with Gasteiger partial charge < -0.3 is 14.6 Å². The van der Waals surface area contributed by atoms with Gasteiger partial charge in [0.25, 0.3) is 0 Å². The molecule has 0 aliphatic rings. The minimum atomic E-state index is -3.57. The molecule has 2 heterocycles. The molecule has 0 amide bonds. The smallest absolute Gasteiger partial charge is 0.240 e. The molecule has 0 aliphatic carbocycles. The number of nitrogens with one attached hydrogen (secondary N) is 2. The van der Waals surface area contributed by atoms with Crippen LogP contribution in [0.4, 0.5) is 11.6 Å². The van der Waals surface area contributed by atoms with Crippen LogP contribution in [0.25, 0.3) is 11.4 Å². The summed E-state index contributed by atoms with van der Waals surface area (Å²) in [5.74, 6) is 1.32. The van der Waals surface area contributed by atoms with Gasteiger partial charge in [-0.1, -0.05) is 0 Å². The van der Waals surface area contributed by atoms with Crippen LogP contribution in [0.1, 0.15) is 25.7 Å². The predicted octanol–water partition coefficient (Wildman–Crippen LogP) is 2.90. The molecule has 30 heavy (non-hydrogen) atoms. The number of rotatable bonds is 9. The summed E-state index contributed by atoms with van der Waals surface area (Å²) >= 11 is 0. The number of nitrogens with zero attached hydrogens (tertiary/aromatic N) is 4. The van der Waals surface area contributed by atoms with Gasteiger partial charge in [0.2, 0.25) is 16.0 Å². The van der Waals surface area contributed by atoms with Crippen LogP contribution in [0, 0.1) is 6.92 Å². The summed E-state index contributed by atoms with van der Waals surface area (Å²) in [6.07, 6.45) is 3.63. The molecular formula is C20H26N6O3S. The number of aromatic nitrogens is 4. The van der Waals surface area contributed by atoms with E-state index in [4.69, 9.17) is 4.74 Å². The van der Waals surface area contributed by atoms with Crippen molar-refractivity contribution in [3.8, 4) is 11.4 Å². The van der Waals surface area contributed by atoms with Gasteiger partial charge in [0.15, 0.2) is 0 Å². The second-order valence-electron chi connectivity index (χ2n) is 6.98. The van der Waals surface area contributed by atoms with Gasteiger partial charge in [-0.25, -0.2) is 28.1 Å². The number of methoxy groups -OCH3 is 1. The topological polar surface area (TPSA) is 111 Å². The fourth-order valence-corrected chi connectivity index (χ4v) is 3.91. The molecule has 0 saturated carbocycles. The third-order valence-electron chi connectivity index (χ3n) is 4.41. The number of imidazole rings is 1. The van der Waals surface area contributed by atoms with Crippen molar-refractivity contribution in [2.45, 2.75) is 31.7 Å². The number of sulfonamides is 1. The second kappa shape index (κ2) is 9.33. The molecule has 2 N–H and O–H groups in total. The second-order valence-corrected chi connectivity index (χ2v) is 8.75. The quantitative estimate of drug-likeness (QED) is 0.502. The Morgan fingerprint density at radius 1 is 1.10 bits per heavy atom. The third-order valence-corrected chi connectivity index (χ3v) is 5.89. The van der Waals surface area contributed by atoms with Crippen LogP contribution in [-0.2, 0) is 14.8 Å². The van der Waals surface area contributed by atoms with Crippen LogP contribution in [0.15, 0.2) is 47.6 Å². The van der Waals surface area contributed by atoms with E-state index in [2.05, 4.69) is 43.4 Å². The first kappa shape index (κ1) is 21.9. The molecule has 0 atom stereocenters. The van der Waals surface area contributed by atoms with Crippen molar-refractivity contribution in [3.05, 3.63) is 48.5 Å². The van der Waals surface area contributed by atoms with Gasteiger partial charge in [0.1, 0.15) is 11.5 Å². The summed E-state index contributed by atoms with van der Waals surface area (Å²) in [5, 5.41) is 3.10. The van der Waals surface area contributed by atoms with Crippen molar-refractivity contribution in [2.75, 3.05) is 25.6 Å². The van der Waals surface area contributed by atoms with E-state index in [1.54, 1.807) is 24.4 Å². The standard InChI is InChI=1S/C20H26N6O3S/c1-14(2)26-13-19(23-15(26)3)18-9-10-21-20(25-18)24-16-5-7-17(8-6-16)30(27,28)22-11-12-29-4/h5-10,13-14,22H,11-12H2,1-4H3,(H,21,24,25). The van der Waals surface area contributed by atoms with Crippen molar-refractivity contribution in [2.24, 2.45) is 0 Å². The zero-order chi connectivity index (χ0) is 21.7. The summed E-state index contributed by atoms with van der Waals surface area (Å²) in [4.78, 5) is 13.5. The molecule has 0 bridgehead atoms. The maximum atomic E-state index is 12.2. The van der Waals surface area contributed by atoms with Crippen molar-refractivity contribution in [1.82, 2.24) is 24.2 Å². The molecule has 1 aromatic carbocycles. The lowest BCUT2D eigenvalue weighted by atomic mass is 10.3. The summed E-state index contributed by atoms with van der Waals surface area (Å²) in [6.45, 7) is 6.68. The van der Waals surface area contributed by atoms with Gasteiger partial charge in [0, 0.05) is 37.8 Å². The average molecular weight is 431 g/mol. The Morgan fingerprint density at radius 3 is 2.47 bits per heavy atom. The summed E-state index contributed by atoms with van der Waals surface area (Å²) in [6, 6.07) is 8.49. The zero-order valence-corrected chi connectivity index (χ0v) is 18.3. The Hall–Kier alpha value is -2.82. The van der Waals surface area contributed by atoms with Gasteiger partial charge in [-0.05, 0) is 51.1 Å². The monoisotopic (exact) mass is 430 g/mol. The summed E-state index contributed by atoms with van der Waals surface area (Å²) in [7, 11) is -2.06. The molecule has 0 aliphatic heterocycles. The van der Waals surface area contributed by atoms with E-state index in [0.717, 1.165) is 11.5 Å². The van der Waals surface area contributed by atoms with E-state index < -0.39 is 10.0 Å². The molecule has 0 fully saturated rings. The van der Waals surface area contributed by atoms with E-state index in [1.165, 1.54) is 19.2 Å². The molecular weight excluding hydrogens is 404 g/mol. The summed E-state index contributed by atoms with van der Waals surface area (Å²) in [5.41, 5.74) is 2.15. The van der Waals surface area contributed by atoms with Crippen LogP contribution < -0.4 is 10.0 Å². The number of hydrogen-bond donors (Lipinski definition) is 2. The fraction of sp³-hybridized carbons (Fsp3) is 0.350.